The zero-order valence-corrected chi connectivity index (χ0v) is 11.8. The van der Waals surface area contributed by atoms with Gasteiger partial charge in [0.15, 0.2) is 0 Å². The molecule has 0 aliphatic heterocycles. The largest absolute Gasteiger partial charge is 0.326 e. The van der Waals surface area contributed by atoms with Gasteiger partial charge in [0.05, 0.1) is 0 Å². The lowest BCUT2D eigenvalue weighted by Crippen LogP contribution is -2.48. The summed E-state index contributed by atoms with van der Waals surface area (Å²) in [6.07, 6.45) is 1.11. The van der Waals surface area contributed by atoms with Crippen molar-refractivity contribution in [3.63, 3.8) is 0 Å². The van der Waals surface area contributed by atoms with Gasteiger partial charge in [0.2, 0.25) is 0 Å². The Morgan fingerprint density at radius 1 is 1.24 bits per heavy atom. The van der Waals surface area contributed by atoms with E-state index >= 15 is 0 Å². The van der Waals surface area contributed by atoms with Crippen LogP contribution < -0.4 is 5.73 Å². The summed E-state index contributed by atoms with van der Waals surface area (Å²) in [7, 11) is 2.17. The van der Waals surface area contributed by atoms with Gasteiger partial charge in [-0.15, -0.1) is 0 Å². The Hall–Kier alpha value is -0.860. The molecule has 96 valence electrons. The number of hydrogen-bond acceptors (Lipinski definition) is 2. The molecule has 2 nitrogen and oxygen atoms in total. The number of nitrogens with two attached hydrogens (primary N) is 1. The van der Waals surface area contributed by atoms with Crippen molar-refractivity contribution in [3.05, 3.63) is 35.9 Å². The minimum Gasteiger partial charge on any atom is -0.326 e. The van der Waals surface area contributed by atoms with Crippen LogP contribution >= 0.6 is 0 Å². The summed E-state index contributed by atoms with van der Waals surface area (Å²) >= 11 is 0. The van der Waals surface area contributed by atoms with Gasteiger partial charge >= 0.3 is 0 Å². The molecule has 2 unspecified atom stereocenters. The van der Waals surface area contributed by atoms with Crippen LogP contribution in [0.25, 0.3) is 0 Å². The molecule has 0 aliphatic carbocycles. The zero-order valence-electron chi connectivity index (χ0n) is 11.8. The van der Waals surface area contributed by atoms with Crippen LogP contribution in [0.1, 0.15) is 45.7 Å². The molecule has 0 aromatic heterocycles. The molecule has 0 bridgehead atoms. The molecule has 0 aliphatic rings. The first kappa shape index (κ1) is 14.2. The van der Waals surface area contributed by atoms with Gasteiger partial charge in [-0.2, -0.15) is 0 Å². The summed E-state index contributed by atoms with van der Waals surface area (Å²) < 4.78 is 0. The standard InChI is InChI=1S/C15H26N2/c1-6-15(3,4)17(5)14(12(2)16)13-10-8-7-9-11-13/h7-12,14H,6,16H2,1-5H3. The fourth-order valence-electron chi connectivity index (χ4n) is 2.16. The van der Waals surface area contributed by atoms with Crippen LogP contribution in [0.5, 0.6) is 0 Å². The molecule has 0 fully saturated rings. The van der Waals surface area contributed by atoms with Crippen molar-refractivity contribution >= 4 is 0 Å². The summed E-state index contributed by atoms with van der Waals surface area (Å²) in [6, 6.07) is 10.9. The van der Waals surface area contributed by atoms with Crippen LogP contribution in [0.15, 0.2) is 30.3 Å². The second kappa shape index (κ2) is 5.65. The molecule has 2 N–H and O–H groups in total. The molecule has 1 aromatic carbocycles. The van der Waals surface area contributed by atoms with Crippen molar-refractivity contribution in [2.24, 2.45) is 5.73 Å². The minimum absolute atomic E-state index is 0.119. The van der Waals surface area contributed by atoms with Gasteiger partial charge in [-0.3, -0.25) is 4.90 Å². The molecule has 2 heteroatoms. The van der Waals surface area contributed by atoms with Gasteiger partial charge in [-0.25, -0.2) is 0 Å². The highest BCUT2D eigenvalue weighted by Crippen LogP contribution is 2.30. The highest BCUT2D eigenvalue weighted by Gasteiger charge is 2.30. The van der Waals surface area contributed by atoms with Crippen LogP contribution in [0, 0.1) is 0 Å². The van der Waals surface area contributed by atoms with Gasteiger partial charge in [0.1, 0.15) is 0 Å². The summed E-state index contributed by atoms with van der Waals surface area (Å²) in [6.45, 7) is 8.84. The molecule has 0 saturated carbocycles. The van der Waals surface area contributed by atoms with Crippen LogP contribution in [0.4, 0.5) is 0 Å². The Balaban J connectivity index is 3.03. The predicted octanol–water partition coefficient (Wildman–Crippen LogP) is 3.20. The molecule has 0 amide bonds. The summed E-state index contributed by atoms with van der Waals surface area (Å²) in [4.78, 5) is 2.40. The van der Waals surface area contributed by atoms with Gasteiger partial charge < -0.3 is 5.73 Å². The fourth-order valence-corrected chi connectivity index (χ4v) is 2.16. The van der Waals surface area contributed by atoms with Crippen molar-refractivity contribution in [3.8, 4) is 0 Å². The molecule has 1 rings (SSSR count). The van der Waals surface area contributed by atoms with E-state index in [2.05, 4.69) is 63.9 Å². The normalized spacial score (nSPS) is 15.9. The molecule has 17 heavy (non-hydrogen) atoms. The van der Waals surface area contributed by atoms with Gasteiger partial charge in [-0.05, 0) is 39.8 Å². The first-order chi connectivity index (χ1) is 7.90. The summed E-state index contributed by atoms with van der Waals surface area (Å²) in [5, 5.41) is 0. The predicted molar refractivity (Wildman–Crippen MR) is 75.0 cm³/mol. The minimum atomic E-state index is 0.119. The van der Waals surface area contributed by atoms with Crippen LogP contribution in [0.3, 0.4) is 0 Å². The topological polar surface area (TPSA) is 29.3 Å². The molecule has 0 heterocycles. The number of nitrogens with zero attached hydrogens (tertiary/aromatic N) is 1. The number of likely N-dealkylation sites (N-methyl/N-ethyl adjacent to an activating group) is 1. The molecular formula is C15H26N2. The number of benzene rings is 1. The van der Waals surface area contributed by atoms with Crippen molar-refractivity contribution in [2.45, 2.75) is 51.7 Å². The quantitative estimate of drug-likeness (QED) is 0.847. The van der Waals surface area contributed by atoms with E-state index in [0.29, 0.717) is 0 Å². The first-order valence-electron chi connectivity index (χ1n) is 6.43. The van der Waals surface area contributed by atoms with E-state index in [0.717, 1.165) is 6.42 Å². The SMILES string of the molecule is CCC(C)(C)N(C)C(c1ccccc1)C(C)N. The van der Waals surface area contributed by atoms with E-state index < -0.39 is 0 Å². The van der Waals surface area contributed by atoms with Crippen LogP contribution in [-0.2, 0) is 0 Å². The van der Waals surface area contributed by atoms with Crippen LogP contribution in [-0.4, -0.2) is 23.5 Å². The Kier molecular flexibility index (Phi) is 4.72. The Bertz CT molecular complexity index is 330. The van der Waals surface area contributed by atoms with E-state index in [1.807, 2.05) is 6.07 Å². The van der Waals surface area contributed by atoms with Crippen molar-refractivity contribution in [1.82, 2.24) is 4.90 Å². The Morgan fingerprint density at radius 2 is 1.76 bits per heavy atom. The monoisotopic (exact) mass is 234 g/mol. The summed E-state index contributed by atoms with van der Waals surface area (Å²) in [5.74, 6) is 0. The molecule has 1 aromatic rings. The van der Waals surface area contributed by atoms with E-state index in [-0.39, 0.29) is 17.6 Å². The van der Waals surface area contributed by atoms with Gasteiger partial charge in [0, 0.05) is 17.6 Å². The number of hydrogen-bond donors (Lipinski definition) is 1. The van der Waals surface area contributed by atoms with E-state index in [1.165, 1.54) is 5.56 Å². The maximum atomic E-state index is 6.18. The number of rotatable bonds is 5. The highest BCUT2D eigenvalue weighted by molar-refractivity contribution is 5.21. The van der Waals surface area contributed by atoms with E-state index in [4.69, 9.17) is 5.73 Å². The molecule has 0 saturated heterocycles. The fraction of sp³-hybridized carbons (Fsp3) is 0.600. The zero-order chi connectivity index (χ0) is 13.1. The Labute approximate surface area is 106 Å². The summed E-state index contributed by atoms with van der Waals surface area (Å²) in [5.41, 5.74) is 7.64. The lowest BCUT2D eigenvalue weighted by molar-refractivity contribution is 0.0847. The third kappa shape index (κ3) is 3.30. The smallest absolute Gasteiger partial charge is 0.0498 e. The second-order valence-electron chi connectivity index (χ2n) is 5.49. The average Bonchev–Trinajstić information content (AvgIpc) is 2.30. The van der Waals surface area contributed by atoms with Gasteiger partial charge in [0.25, 0.3) is 0 Å². The average molecular weight is 234 g/mol. The van der Waals surface area contributed by atoms with Gasteiger partial charge in [-0.1, -0.05) is 37.3 Å². The van der Waals surface area contributed by atoms with Crippen molar-refractivity contribution in [2.75, 3.05) is 7.05 Å². The highest BCUT2D eigenvalue weighted by atomic mass is 15.2. The van der Waals surface area contributed by atoms with E-state index in [1.54, 1.807) is 0 Å². The molecule has 2 atom stereocenters. The second-order valence-corrected chi connectivity index (χ2v) is 5.49. The lowest BCUT2D eigenvalue weighted by Gasteiger charge is -2.42. The van der Waals surface area contributed by atoms with Crippen molar-refractivity contribution < 1.29 is 0 Å². The molecular weight excluding hydrogens is 208 g/mol. The third-order valence-corrected chi connectivity index (χ3v) is 3.88. The maximum Gasteiger partial charge on any atom is 0.0498 e. The third-order valence-electron chi connectivity index (χ3n) is 3.88. The van der Waals surface area contributed by atoms with Crippen LogP contribution in [0.2, 0.25) is 0 Å². The van der Waals surface area contributed by atoms with E-state index in [9.17, 15) is 0 Å². The first-order valence-corrected chi connectivity index (χ1v) is 6.43. The lowest BCUT2D eigenvalue weighted by atomic mass is 9.92. The molecule has 0 spiro atoms. The maximum absolute atomic E-state index is 6.18. The van der Waals surface area contributed by atoms with Crippen molar-refractivity contribution in [1.29, 1.82) is 0 Å². The molecule has 0 radical (unpaired) electrons. The Morgan fingerprint density at radius 3 is 2.18 bits per heavy atom.